The molecule has 11 nitrogen and oxygen atoms in total. The van der Waals surface area contributed by atoms with Crippen LogP contribution in [0.2, 0.25) is 0 Å². The van der Waals surface area contributed by atoms with Crippen LogP contribution in [0.25, 0.3) is 0 Å². The maximum absolute atomic E-state index is 13.4. The maximum atomic E-state index is 13.4. The van der Waals surface area contributed by atoms with Gasteiger partial charge in [0.1, 0.15) is 12.6 Å². The predicted molar refractivity (Wildman–Crippen MR) is 193 cm³/mol. The van der Waals surface area contributed by atoms with Crippen LogP contribution in [0, 0.1) is 0 Å². The highest BCUT2D eigenvalue weighted by Gasteiger charge is 2.28. The highest BCUT2D eigenvalue weighted by Crippen LogP contribution is 2.20. The molecule has 4 amide bonds. The summed E-state index contributed by atoms with van der Waals surface area (Å²) in [5.74, 6) is -0.0273. The lowest BCUT2D eigenvalue weighted by atomic mass is 9.93. The second-order valence-corrected chi connectivity index (χ2v) is 14.2. The number of amides is 4. The lowest BCUT2D eigenvalue weighted by Gasteiger charge is -2.29. The number of rotatable bonds is 17. The van der Waals surface area contributed by atoms with E-state index in [-0.39, 0.29) is 25.0 Å². The number of aliphatic hydroxyl groups excluding tert-OH is 1. The number of carbonyl (C=O) groups excluding carboxylic acids is 3. The van der Waals surface area contributed by atoms with Crippen molar-refractivity contribution in [2.24, 2.45) is 0 Å². The average molecular weight is 707 g/mol. The summed E-state index contributed by atoms with van der Waals surface area (Å²) in [6.07, 6.45) is 1.47. The highest BCUT2D eigenvalue weighted by atomic mass is 32.1. The van der Waals surface area contributed by atoms with Gasteiger partial charge in [0, 0.05) is 43.5 Å². The van der Waals surface area contributed by atoms with E-state index in [2.05, 4.69) is 39.8 Å². The molecule has 4 atom stereocenters. The first-order valence-corrected chi connectivity index (χ1v) is 18.2. The summed E-state index contributed by atoms with van der Waals surface area (Å²) in [4.78, 5) is 50.2. The van der Waals surface area contributed by atoms with E-state index in [0.29, 0.717) is 31.7 Å². The average Bonchev–Trinajstić information content (AvgIpc) is 3.80. The molecule has 0 fully saturated rings. The molecule has 4 N–H and O–H groups in total. The van der Waals surface area contributed by atoms with E-state index in [1.54, 1.807) is 37.0 Å². The molecular formula is C36H46N6O5S2. The van der Waals surface area contributed by atoms with Gasteiger partial charge in [-0.3, -0.25) is 9.78 Å². The minimum Gasteiger partial charge on any atom is -0.444 e. The summed E-state index contributed by atoms with van der Waals surface area (Å²) < 4.78 is 5.40. The van der Waals surface area contributed by atoms with Gasteiger partial charge >= 0.3 is 12.1 Å². The number of benzene rings is 2. The Morgan fingerprint density at radius 2 is 1.59 bits per heavy atom. The molecule has 0 saturated heterocycles. The number of alkyl carbamates (subject to hydrolysis) is 1. The van der Waals surface area contributed by atoms with Crippen molar-refractivity contribution in [2.75, 3.05) is 13.6 Å². The minimum atomic E-state index is -1.04. The highest BCUT2D eigenvalue weighted by molar-refractivity contribution is 7.09. The molecule has 4 rings (SSSR count). The number of ether oxygens (including phenoxy) is 1. The zero-order valence-corrected chi connectivity index (χ0v) is 30.0. The number of carbonyl (C=O) groups is 3. The van der Waals surface area contributed by atoms with Crippen LogP contribution in [-0.4, -0.2) is 75.8 Å². The lowest BCUT2D eigenvalue weighted by molar-refractivity contribution is -0.123. The fraction of sp³-hybridized carbons (Fsp3) is 0.417. The van der Waals surface area contributed by atoms with Gasteiger partial charge in [-0.2, -0.15) is 0 Å². The molecule has 49 heavy (non-hydrogen) atoms. The third kappa shape index (κ3) is 12.6. The van der Waals surface area contributed by atoms with Crippen LogP contribution >= 0.6 is 22.7 Å². The fourth-order valence-electron chi connectivity index (χ4n) is 5.12. The Morgan fingerprint density at radius 3 is 2.20 bits per heavy atom. The summed E-state index contributed by atoms with van der Waals surface area (Å²) in [7, 11) is 1.69. The van der Waals surface area contributed by atoms with Gasteiger partial charge in [-0.15, -0.1) is 22.7 Å². The van der Waals surface area contributed by atoms with Crippen molar-refractivity contribution in [3.63, 3.8) is 0 Å². The molecule has 2 aromatic heterocycles. The van der Waals surface area contributed by atoms with Crippen LogP contribution in [0.5, 0.6) is 0 Å². The zero-order valence-electron chi connectivity index (χ0n) is 28.4. The molecule has 1 unspecified atom stereocenters. The van der Waals surface area contributed by atoms with Crippen molar-refractivity contribution in [2.45, 2.75) is 83.2 Å². The molecule has 0 radical (unpaired) electrons. The molecule has 2 heterocycles. The summed E-state index contributed by atoms with van der Waals surface area (Å²) >= 11 is 3.00. The first kappa shape index (κ1) is 37.5. The van der Waals surface area contributed by atoms with Gasteiger partial charge in [-0.1, -0.05) is 74.5 Å². The number of urea groups is 1. The van der Waals surface area contributed by atoms with Crippen LogP contribution in [0.1, 0.15) is 59.8 Å². The van der Waals surface area contributed by atoms with Crippen LogP contribution in [0.4, 0.5) is 9.59 Å². The van der Waals surface area contributed by atoms with Crippen molar-refractivity contribution < 1.29 is 24.2 Å². The fourth-order valence-corrected chi connectivity index (χ4v) is 6.49. The second kappa shape index (κ2) is 19.0. The first-order valence-electron chi connectivity index (χ1n) is 16.4. The molecule has 4 aromatic rings. The van der Waals surface area contributed by atoms with E-state index in [4.69, 9.17) is 4.74 Å². The van der Waals surface area contributed by atoms with Crippen LogP contribution < -0.4 is 16.0 Å². The number of aliphatic hydroxyl groups is 1. The van der Waals surface area contributed by atoms with Gasteiger partial charge in [-0.25, -0.2) is 14.6 Å². The summed E-state index contributed by atoms with van der Waals surface area (Å²) in [6.45, 7) is 6.35. The third-order valence-corrected chi connectivity index (χ3v) is 9.89. The van der Waals surface area contributed by atoms with E-state index < -0.39 is 30.3 Å². The number of nitrogens with one attached hydrogen (secondary N) is 3. The maximum Gasteiger partial charge on any atom is 0.407 e. The van der Waals surface area contributed by atoms with Gasteiger partial charge in [0.05, 0.1) is 33.2 Å². The molecule has 0 aliphatic rings. The zero-order chi connectivity index (χ0) is 35.2. The molecule has 262 valence electrons. The number of hydrogen-bond acceptors (Lipinski definition) is 9. The number of thiazole rings is 2. The Hall–Kier alpha value is -4.33. The van der Waals surface area contributed by atoms with Crippen LogP contribution in [0.3, 0.4) is 0 Å². The lowest BCUT2D eigenvalue weighted by Crippen LogP contribution is -2.53. The summed E-state index contributed by atoms with van der Waals surface area (Å²) in [6, 6.07) is 16.8. The molecule has 0 bridgehead atoms. The van der Waals surface area contributed by atoms with Gasteiger partial charge in [-0.05, 0) is 37.3 Å². The Balaban J connectivity index is 1.38. The number of hydrogen-bond donors (Lipinski definition) is 4. The SMILES string of the molecule is CC(NC(=O)N(C)CCc1csc(C(C)C)n1)C(=O)N[C@@H](Cc1ccccc1)C[C@H](O)[C@H](Cc1ccccc1)NC(=O)OCc1cncs1. The minimum absolute atomic E-state index is 0.0695. The standard InChI is InChI=1S/C36H46N6O5S2/c1-24(2)34-40-28(22-48-34)15-16-42(4)35(45)38-25(3)33(44)39-29(17-26-11-7-5-8-12-26)19-32(43)31(18-27-13-9-6-10-14-27)41-36(46)47-21-30-20-37-23-49-30/h5-14,20,22-25,29,31-32,43H,15-19,21H2,1-4H3,(H,38,45)(H,39,44)(H,41,46)/t25?,29-,31-,32-/m0/s1. The van der Waals surface area contributed by atoms with Crippen molar-refractivity contribution in [1.29, 1.82) is 0 Å². The summed E-state index contributed by atoms with van der Waals surface area (Å²) in [5, 5.41) is 23.3. The monoisotopic (exact) mass is 706 g/mol. The number of nitrogens with zero attached hydrogens (tertiary/aromatic N) is 3. The largest absolute Gasteiger partial charge is 0.444 e. The van der Waals surface area contributed by atoms with E-state index in [1.807, 2.05) is 66.0 Å². The van der Waals surface area contributed by atoms with Crippen molar-refractivity contribution in [3.8, 4) is 0 Å². The topological polar surface area (TPSA) is 146 Å². The molecule has 0 aliphatic carbocycles. The summed E-state index contributed by atoms with van der Waals surface area (Å²) in [5.41, 5.74) is 4.50. The smallest absolute Gasteiger partial charge is 0.407 e. The Labute approximate surface area is 296 Å². The van der Waals surface area contributed by atoms with E-state index in [0.717, 1.165) is 26.7 Å². The normalized spacial score (nSPS) is 13.6. The molecule has 0 saturated carbocycles. The van der Waals surface area contributed by atoms with Crippen molar-refractivity contribution in [1.82, 2.24) is 30.8 Å². The van der Waals surface area contributed by atoms with Gasteiger partial charge in [0.2, 0.25) is 5.91 Å². The van der Waals surface area contributed by atoms with Crippen molar-refractivity contribution >= 4 is 40.7 Å². The third-order valence-electron chi connectivity index (χ3n) is 7.94. The molecule has 2 aromatic carbocycles. The molecule has 0 aliphatic heterocycles. The number of likely N-dealkylation sites (N-methyl/N-ethyl adjacent to an activating group) is 1. The number of aromatic nitrogens is 2. The van der Waals surface area contributed by atoms with Crippen molar-refractivity contribution in [3.05, 3.63) is 104 Å². The van der Waals surface area contributed by atoms with E-state index in [9.17, 15) is 19.5 Å². The van der Waals surface area contributed by atoms with Gasteiger partial charge < -0.3 is 30.7 Å². The second-order valence-electron chi connectivity index (χ2n) is 12.4. The quantitative estimate of drug-likeness (QED) is 0.116. The molecular weight excluding hydrogens is 661 g/mol. The van der Waals surface area contributed by atoms with E-state index >= 15 is 0 Å². The van der Waals surface area contributed by atoms with Gasteiger partial charge in [0.25, 0.3) is 0 Å². The van der Waals surface area contributed by atoms with Gasteiger partial charge in [0.15, 0.2) is 0 Å². The predicted octanol–water partition coefficient (Wildman–Crippen LogP) is 5.31. The first-order chi connectivity index (χ1) is 23.6. The van der Waals surface area contributed by atoms with Crippen LogP contribution in [0.15, 0.2) is 77.8 Å². The van der Waals surface area contributed by atoms with E-state index in [1.165, 1.54) is 16.2 Å². The Bertz CT molecular complexity index is 1590. The Morgan fingerprint density at radius 1 is 0.918 bits per heavy atom. The molecule has 13 heteroatoms. The van der Waals surface area contributed by atoms with Crippen LogP contribution in [-0.2, 0) is 35.4 Å². The Kier molecular flexibility index (Phi) is 14.5. The molecule has 0 spiro atoms.